The summed E-state index contributed by atoms with van der Waals surface area (Å²) in [7, 11) is 0. The lowest BCUT2D eigenvalue weighted by Gasteiger charge is -2.08. The summed E-state index contributed by atoms with van der Waals surface area (Å²) in [6.07, 6.45) is 0. The third-order valence-corrected chi connectivity index (χ3v) is 4.80. The van der Waals surface area contributed by atoms with Crippen molar-refractivity contribution in [1.29, 1.82) is 0 Å². The van der Waals surface area contributed by atoms with E-state index in [0.717, 1.165) is 0 Å². The maximum absolute atomic E-state index is 12.9. The van der Waals surface area contributed by atoms with Gasteiger partial charge in [-0.15, -0.1) is 20.4 Å². The Balaban J connectivity index is 1.56. The molecule has 0 spiro atoms. The Morgan fingerprint density at radius 1 is 1.31 bits per heavy atom. The fourth-order valence-electron chi connectivity index (χ4n) is 2.04. The third-order valence-electron chi connectivity index (χ3n) is 3.23. The summed E-state index contributed by atoms with van der Waals surface area (Å²) in [5, 5.41) is 19.4. The lowest BCUT2D eigenvalue weighted by Crippen LogP contribution is -2.14. The SMILES string of the molecule is CCn1c(COc2ccc(F)cc2)nnc1SCC(=O)Nc1nncs1. The molecule has 0 radical (unpaired) electrons. The van der Waals surface area contributed by atoms with Gasteiger partial charge < -0.3 is 9.30 Å². The predicted molar refractivity (Wildman–Crippen MR) is 95.7 cm³/mol. The Kier molecular flexibility index (Phi) is 6.12. The molecule has 0 saturated heterocycles. The number of carbonyl (C=O) groups excluding carboxylic acids is 1. The van der Waals surface area contributed by atoms with Crippen molar-refractivity contribution >= 4 is 34.1 Å². The number of hydrogen-bond donors (Lipinski definition) is 1. The van der Waals surface area contributed by atoms with Crippen LogP contribution in [0.5, 0.6) is 5.75 Å². The summed E-state index contributed by atoms with van der Waals surface area (Å²) >= 11 is 2.53. The van der Waals surface area contributed by atoms with E-state index in [1.807, 2.05) is 11.5 Å². The van der Waals surface area contributed by atoms with Crippen LogP contribution in [0.1, 0.15) is 12.7 Å². The van der Waals surface area contributed by atoms with Crippen LogP contribution in [0.15, 0.2) is 34.9 Å². The first kappa shape index (κ1) is 18.3. The van der Waals surface area contributed by atoms with E-state index in [1.54, 1.807) is 17.6 Å². The molecule has 0 unspecified atom stereocenters. The normalized spacial score (nSPS) is 10.7. The van der Waals surface area contributed by atoms with Crippen molar-refractivity contribution in [1.82, 2.24) is 25.0 Å². The average molecular weight is 394 g/mol. The minimum Gasteiger partial charge on any atom is -0.486 e. The van der Waals surface area contributed by atoms with Crippen molar-refractivity contribution in [2.45, 2.75) is 25.2 Å². The first-order valence-corrected chi connectivity index (χ1v) is 9.51. The van der Waals surface area contributed by atoms with Crippen molar-refractivity contribution in [2.24, 2.45) is 0 Å². The molecule has 0 aliphatic heterocycles. The number of amides is 1. The van der Waals surface area contributed by atoms with Crippen LogP contribution in [0.4, 0.5) is 9.52 Å². The molecule has 26 heavy (non-hydrogen) atoms. The molecule has 3 rings (SSSR count). The summed E-state index contributed by atoms with van der Waals surface area (Å²) in [6, 6.07) is 5.76. The smallest absolute Gasteiger partial charge is 0.236 e. The number of ether oxygens (including phenoxy) is 1. The molecule has 0 bridgehead atoms. The predicted octanol–water partition coefficient (Wildman–Crippen LogP) is 2.60. The van der Waals surface area contributed by atoms with Crippen molar-refractivity contribution in [2.75, 3.05) is 11.1 Å². The summed E-state index contributed by atoms with van der Waals surface area (Å²) in [4.78, 5) is 11.9. The van der Waals surface area contributed by atoms with E-state index >= 15 is 0 Å². The van der Waals surface area contributed by atoms with E-state index in [0.29, 0.717) is 28.4 Å². The Morgan fingerprint density at radius 3 is 2.81 bits per heavy atom. The molecule has 1 amide bonds. The largest absolute Gasteiger partial charge is 0.486 e. The highest BCUT2D eigenvalue weighted by atomic mass is 32.2. The van der Waals surface area contributed by atoms with Gasteiger partial charge in [0, 0.05) is 6.54 Å². The van der Waals surface area contributed by atoms with Gasteiger partial charge in [-0.3, -0.25) is 10.1 Å². The van der Waals surface area contributed by atoms with Gasteiger partial charge in [-0.05, 0) is 31.2 Å². The number of nitrogens with zero attached hydrogens (tertiary/aromatic N) is 5. The summed E-state index contributed by atoms with van der Waals surface area (Å²) in [6.45, 7) is 2.79. The van der Waals surface area contributed by atoms with Crippen LogP contribution in [0.25, 0.3) is 0 Å². The molecule has 0 saturated carbocycles. The molecule has 11 heteroatoms. The standard InChI is InChI=1S/C15H15FN6O2S2/c1-2-22-12(7-24-11-5-3-10(16)4-6-11)19-21-15(22)25-8-13(23)18-14-20-17-9-26-14/h3-6,9H,2,7-8H2,1H3,(H,18,20,23). The van der Waals surface area contributed by atoms with Gasteiger partial charge in [0.15, 0.2) is 11.0 Å². The zero-order valence-electron chi connectivity index (χ0n) is 13.8. The van der Waals surface area contributed by atoms with Crippen LogP contribution < -0.4 is 10.1 Å². The zero-order chi connectivity index (χ0) is 18.4. The number of carbonyl (C=O) groups is 1. The van der Waals surface area contributed by atoms with Crippen LogP contribution >= 0.6 is 23.1 Å². The number of thioether (sulfide) groups is 1. The van der Waals surface area contributed by atoms with Crippen LogP contribution in [0.2, 0.25) is 0 Å². The second-order valence-electron chi connectivity index (χ2n) is 4.97. The van der Waals surface area contributed by atoms with Gasteiger partial charge in [0.05, 0.1) is 5.75 Å². The second-order valence-corrected chi connectivity index (χ2v) is 6.74. The molecule has 0 aliphatic rings. The van der Waals surface area contributed by atoms with Gasteiger partial charge in [-0.1, -0.05) is 23.1 Å². The number of benzene rings is 1. The van der Waals surface area contributed by atoms with E-state index in [9.17, 15) is 9.18 Å². The Bertz CT molecular complexity index is 854. The Labute approximate surface area is 156 Å². The molecule has 0 aliphatic carbocycles. The highest BCUT2D eigenvalue weighted by Crippen LogP contribution is 2.19. The van der Waals surface area contributed by atoms with E-state index in [1.165, 1.54) is 35.2 Å². The lowest BCUT2D eigenvalue weighted by molar-refractivity contribution is -0.113. The summed E-state index contributed by atoms with van der Waals surface area (Å²) in [5.41, 5.74) is 1.55. The first-order valence-electron chi connectivity index (χ1n) is 7.65. The third kappa shape index (κ3) is 4.76. The first-order chi connectivity index (χ1) is 12.7. The van der Waals surface area contributed by atoms with Gasteiger partial charge in [-0.2, -0.15) is 0 Å². The van der Waals surface area contributed by atoms with Gasteiger partial charge in [-0.25, -0.2) is 4.39 Å². The highest BCUT2D eigenvalue weighted by Gasteiger charge is 2.14. The molecule has 2 aromatic heterocycles. The maximum Gasteiger partial charge on any atom is 0.236 e. The topological polar surface area (TPSA) is 94.8 Å². The molecule has 136 valence electrons. The minimum absolute atomic E-state index is 0.177. The van der Waals surface area contributed by atoms with Crippen molar-refractivity contribution < 1.29 is 13.9 Å². The number of nitrogens with one attached hydrogen (secondary N) is 1. The Morgan fingerprint density at radius 2 is 2.12 bits per heavy atom. The molecular formula is C15H15FN6O2S2. The minimum atomic E-state index is -0.320. The van der Waals surface area contributed by atoms with E-state index < -0.39 is 0 Å². The lowest BCUT2D eigenvalue weighted by atomic mass is 10.3. The van der Waals surface area contributed by atoms with Crippen molar-refractivity contribution in [3.05, 3.63) is 41.4 Å². The number of aromatic nitrogens is 5. The fourth-order valence-corrected chi connectivity index (χ4v) is 3.32. The fraction of sp³-hybridized carbons (Fsp3) is 0.267. The molecule has 1 aromatic carbocycles. The van der Waals surface area contributed by atoms with Gasteiger partial charge in [0.1, 0.15) is 23.7 Å². The highest BCUT2D eigenvalue weighted by molar-refractivity contribution is 7.99. The van der Waals surface area contributed by atoms with E-state index in [2.05, 4.69) is 25.7 Å². The number of halogens is 1. The Hall–Kier alpha value is -2.53. The van der Waals surface area contributed by atoms with Crippen LogP contribution in [0, 0.1) is 5.82 Å². The van der Waals surface area contributed by atoms with Crippen LogP contribution in [0.3, 0.4) is 0 Å². The molecule has 1 N–H and O–H groups in total. The molecule has 8 nitrogen and oxygen atoms in total. The maximum atomic E-state index is 12.9. The van der Waals surface area contributed by atoms with E-state index in [-0.39, 0.29) is 24.1 Å². The molecule has 0 atom stereocenters. The average Bonchev–Trinajstić information content (AvgIpc) is 3.28. The van der Waals surface area contributed by atoms with Gasteiger partial charge >= 0.3 is 0 Å². The second kappa shape index (κ2) is 8.72. The number of hydrogen-bond acceptors (Lipinski definition) is 8. The van der Waals surface area contributed by atoms with Gasteiger partial charge in [0.25, 0.3) is 0 Å². The molecular weight excluding hydrogens is 379 g/mol. The van der Waals surface area contributed by atoms with E-state index in [4.69, 9.17) is 4.74 Å². The quantitative estimate of drug-likeness (QED) is 0.587. The molecule has 2 heterocycles. The van der Waals surface area contributed by atoms with Crippen LogP contribution in [-0.2, 0) is 17.9 Å². The summed E-state index contributed by atoms with van der Waals surface area (Å²) in [5.74, 6) is 0.837. The van der Waals surface area contributed by atoms with Gasteiger partial charge in [0.2, 0.25) is 11.0 Å². The van der Waals surface area contributed by atoms with Crippen molar-refractivity contribution in [3.63, 3.8) is 0 Å². The van der Waals surface area contributed by atoms with Crippen molar-refractivity contribution in [3.8, 4) is 5.75 Å². The van der Waals surface area contributed by atoms with Crippen LogP contribution in [-0.4, -0.2) is 36.6 Å². The number of rotatable bonds is 8. The monoisotopic (exact) mass is 394 g/mol. The summed E-state index contributed by atoms with van der Waals surface area (Å²) < 4.78 is 20.4. The molecule has 0 fully saturated rings. The molecule has 3 aromatic rings. The number of anilines is 1. The zero-order valence-corrected chi connectivity index (χ0v) is 15.4.